The van der Waals surface area contributed by atoms with Gasteiger partial charge in [-0.3, -0.25) is 9.69 Å². The fourth-order valence-corrected chi connectivity index (χ4v) is 3.72. The molecule has 0 aliphatic carbocycles. The summed E-state index contributed by atoms with van der Waals surface area (Å²) in [6.07, 6.45) is 4.28. The highest BCUT2D eigenvalue weighted by atomic mass is 16.5. The molecule has 3 rings (SSSR count). The van der Waals surface area contributed by atoms with Crippen molar-refractivity contribution in [2.75, 3.05) is 47.0 Å². The Hall–Kier alpha value is -1.57. The maximum Gasteiger partial charge on any atom is 0.291 e. The van der Waals surface area contributed by atoms with E-state index in [1.807, 2.05) is 4.90 Å². The van der Waals surface area contributed by atoms with Crippen LogP contribution >= 0.6 is 0 Å². The lowest BCUT2D eigenvalue weighted by atomic mass is 9.89. The first kappa shape index (κ1) is 16.3. The molecule has 7 heteroatoms. The molecular formula is C16H24N4O3. The average molecular weight is 320 g/mol. The van der Waals surface area contributed by atoms with Crippen LogP contribution in [0.15, 0.2) is 18.5 Å². The molecule has 0 aromatic carbocycles. The van der Waals surface area contributed by atoms with Crippen molar-refractivity contribution in [3.05, 3.63) is 24.3 Å². The summed E-state index contributed by atoms with van der Waals surface area (Å²) in [6.45, 7) is 4.06. The fraction of sp³-hybridized carbons (Fsp3) is 0.688. The van der Waals surface area contributed by atoms with Gasteiger partial charge in [-0.1, -0.05) is 0 Å². The summed E-state index contributed by atoms with van der Waals surface area (Å²) in [6, 6.07) is 1.88. The SMILES string of the molecule is COCCN1C[C@H]2[C@H](OC)CCN(C(=O)c3ncccn3)[C@H]2C1. The maximum absolute atomic E-state index is 12.8. The van der Waals surface area contributed by atoms with Crippen molar-refractivity contribution in [3.63, 3.8) is 0 Å². The number of aromatic nitrogens is 2. The Morgan fingerprint density at radius 2 is 2.09 bits per heavy atom. The zero-order valence-electron chi connectivity index (χ0n) is 13.7. The monoisotopic (exact) mass is 320 g/mol. The Kier molecular flexibility index (Phi) is 5.20. The van der Waals surface area contributed by atoms with Crippen LogP contribution in [0.3, 0.4) is 0 Å². The van der Waals surface area contributed by atoms with Gasteiger partial charge in [-0.15, -0.1) is 0 Å². The predicted molar refractivity (Wildman–Crippen MR) is 84.1 cm³/mol. The standard InChI is InChI=1S/C16H24N4O3/c1-22-9-8-19-10-12-13(11-19)20(7-4-14(12)23-2)16(21)15-17-5-3-6-18-15/h3,5-6,12-14H,4,7-11H2,1-2H3/t12-,13+,14-/m1/s1. The van der Waals surface area contributed by atoms with Gasteiger partial charge in [0.25, 0.3) is 5.91 Å². The molecule has 0 unspecified atom stereocenters. The number of fused-ring (bicyclic) bond motifs is 1. The lowest BCUT2D eigenvalue weighted by molar-refractivity contribution is -0.0161. The molecule has 1 aromatic rings. The minimum absolute atomic E-state index is 0.0799. The molecule has 0 N–H and O–H groups in total. The van der Waals surface area contributed by atoms with Gasteiger partial charge in [0, 0.05) is 58.7 Å². The topological polar surface area (TPSA) is 67.8 Å². The van der Waals surface area contributed by atoms with Crippen molar-refractivity contribution in [1.29, 1.82) is 0 Å². The van der Waals surface area contributed by atoms with Crippen molar-refractivity contribution >= 4 is 5.91 Å². The third-order valence-electron chi connectivity index (χ3n) is 4.87. The van der Waals surface area contributed by atoms with Gasteiger partial charge in [0.05, 0.1) is 18.8 Å². The first-order valence-electron chi connectivity index (χ1n) is 8.06. The van der Waals surface area contributed by atoms with Gasteiger partial charge in [-0.05, 0) is 12.5 Å². The van der Waals surface area contributed by atoms with Crippen LogP contribution in [0.5, 0.6) is 0 Å². The number of piperidine rings is 1. The van der Waals surface area contributed by atoms with Crippen LogP contribution in [0.1, 0.15) is 17.0 Å². The number of likely N-dealkylation sites (tertiary alicyclic amines) is 2. The lowest BCUT2D eigenvalue weighted by Crippen LogP contribution is -2.53. The Bertz CT molecular complexity index is 527. The third-order valence-corrected chi connectivity index (χ3v) is 4.87. The molecule has 0 saturated carbocycles. The molecule has 23 heavy (non-hydrogen) atoms. The summed E-state index contributed by atoms with van der Waals surface area (Å²) in [5.41, 5.74) is 0. The van der Waals surface area contributed by atoms with Crippen LogP contribution < -0.4 is 0 Å². The number of nitrogens with zero attached hydrogens (tertiary/aromatic N) is 4. The summed E-state index contributed by atoms with van der Waals surface area (Å²) < 4.78 is 10.8. The minimum atomic E-state index is -0.0799. The smallest absolute Gasteiger partial charge is 0.291 e. The lowest BCUT2D eigenvalue weighted by Gasteiger charge is -2.40. The van der Waals surface area contributed by atoms with E-state index in [1.165, 1.54) is 0 Å². The van der Waals surface area contributed by atoms with Crippen LogP contribution in [-0.2, 0) is 9.47 Å². The second kappa shape index (κ2) is 7.33. The molecule has 126 valence electrons. The number of carbonyl (C=O) groups is 1. The van der Waals surface area contributed by atoms with Crippen LogP contribution in [0.4, 0.5) is 0 Å². The van der Waals surface area contributed by atoms with Crippen LogP contribution in [-0.4, -0.2) is 84.8 Å². The van der Waals surface area contributed by atoms with E-state index in [1.54, 1.807) is 32.7 Å². The molecular weight excluding hydrogens is 296 g/mol. The van der Waals surface area contributed by atoms with E-state index in [0.717, 1.165) is 26.1 Å². The molecule has 0 bridgehead atoms. The molecule has 7 nitrogen and oxygen atoms in total. The van der Waals surface area contributed by atoms with E-state index < -0.39 is 0 Å². The number of ether oxygens (including phenoxy) is 2. The van der Waals surface area contributed by atoms with Gasteiger partial charge >= 0.3 is 0 Å². The molecule has 2 fully saturated rings. The summed E-state index contributed by atoms with van der Waals surface area (Å²) in [5, 5.41) is 0. The molecule has 2 aliphatic heterocycles. The number of hydrogen-bond donors (Lipinski definition) is 0. The summed E-state index contributed by atoms with van der Waals surface area (Å²) in [4.78, 5) is 25.3. The number of carbonyl (C=O) groups excluding carboxylic acids is 1. The highest BCUT2D eigenvalue weighted by Gasteiger charge is 2.46. The maximum atomic E-state index is 12.8. The minimum Gasteiger partial charge on any atom is -0.383 e. The van der Waals surface area contributed by atoms with Gasteiger partial charge in [0.1, 0.15) is 0 Å². The quantitative estimate of drug-likeness (QED) is 0.776. The Morgan fingerprint density at radius 3 is 2.78 bits per heavy atom. The van der Waals surface area contributed by atoms with E-state index in [2.05, 4.69) is 14.9 Å². The van der Waals surface area contributed by atoms with Gasteiger partial charge in [0.15, 0.2) is 0 Å². The molecule has 3 atom stereocenters. The van der Waals surface area contributed by atoms with E-state index in [-0.39, 0.29) is 23.9 Å². The first-order chi connectivity index (χ1) is 11.2. The highest BCUT2D eigenvalue weighted by molar-refractivity contribution is 5.90. The van der Waals surface area contributed by atoms with Crippen LogP contribution in [0, 0.1) is 5.92 Å². The van der Waals surface area contributed by atoms with Gasteiger partial charge in [0.2, 0.25) is 5.82 Å². The van der Waals surface area contributed by atoms with Crippen molar-refractivity contribution in [3.8, 4) is 0 Å². The van der Waals surface area contributed by atoms with Crippen molar-refractivity contribution in [2.45, 2.75) is 18.6 Å². The Balaban J connectivity index is 1.76. The first-order valence-corrected chi connectivity index (χ1v) is 8.06. The summed E-state index contributed by atoms with van der Waals surface area (Å²) in [7, 11) is 3.47. The van der Waals surface area contributed by atoms with Gasteiger partial charge in [-0.2, -0.15) is 0 Å². The number of methoxy groups -OCH3 is 2. The zero-order valence-corrected chi connectivity index (χ0v) is 13.7. The molecule has 2 aliphatic rings. The van der Waals surface area contributed by atoms with Crippen molar-refractivity contribution in [1.82, 2.24) is 19.8 Å². The molecule has 0 radical (unpaired) electrons. The Morgan fingerprint density at radius 1 is 1.30 bits per heavy atom. The van der Waals surface area contributed by atoms with Gasteiger partial charge < -0.3 is 14.4 Å². The van der Waals surface area contributed by atoms with E-state index in [9.17, 15) is 4.79 Å². The highest BCUT2D eigenvalue weighted by Crippen LogP contribution is 2.33. The van der Waals surface area contributed by atoms with E-state index in [0.29, 0.717) is 19.1 Å². The molecule has 2 saturated heterocycles. The van der Waals surface area contributed by atoms with Crippen molar-refractivity contribution < 1.29 is 14.3 Å². The van der Waals surface area contributed by atoms with E-state index >= 15 is 0 Å². The summed E-state index contributed by atoms with van der Waals surface area (Å²) in [5.74, 6) is 0.527. The predicted octanol–water partition coefficient (Wildman–Crippen LogP) is 0.284. The van der Waals surface area contributed by atoms with Crippen LogP contribution in [0.2, 0.25) is 0 Å². The second-order valence-corrected chi connectivity index (χ2v) is 6.12. The second-order valence-electron chi connectivity index (χ2n) is 6.12. The van der Waals surface area contributed by atoms with Crippen LogP contribution in [0.25, 0.3) is 0 Å². The van der Waals surface area contributed by atoms with E-state index in [4.69, 9.17) is 9.47 Å². The third kappa shape index (κ3) is 3.36. The molecule has 3 heterocycles. The number of hydrogen-bond acceptors (Lipinski definition) is 6. The van der Waals surface area contributed by atoms with Gasteiger partial charge in [-0.25, -0.2) is 9.97 Å². The number of rotatable bonds is 5. The zero-order chi connectivity index (χ0) is 16.2. The van der Waals surface area contributed by atoms with Crippen molar-refractivity contribution in [2.24, 2.45) is 5.92 Å². The number of amides is 1. The average Bonchev–Trinajstić information content (AvgIpc) is 3.03. The summed E-state index contributed by atoms with van der Waals surface area (Å²) >= 11 is 0. The Labute approximate surface area is 136 Å². The normalized spacial score (nSPS) is 27.9. The molecule has 0 spiro atoms. The molecule has 1 amide bonds. The largest absolute Gasteiger partial charge is 0.383 e. The fourth-order valence-electron chi connectivity index (χ4n) is 3.72. The molecule has 1 aromatic heterocycles.